The van der Waals surface area contributed by atoms with Crippen LogP contribution in [0.25, 0.3) is 16.5 Å². The number of hydrogen-bond donors (Lipinski definition) is 0. The molecular formula is C21H19NO6. The lowest BCUT2D eigenvalue weighted by Crippen LogP contribution is -2.22. The van der Waals surface area contributed by atoms with Crippen LogP contribution in [0.3, 0.4) is 0 Å². The van der Waals surface area contributed by atoms with Crippen LogP contribution in [0.15, 0.2) is 59.5 Å². The molecule has 0 radical (unpaired) electrons. The molecule has 0 bridgehead atoms. The van der Waals surface area contributed by atoms with Gasteiger partial charge in [0.15, 0.2) is 6.61 Å². The molecule has 0 unspecified atom stereocenters. The van der Waals surface area contributed by atoms with Gasteiger partial charge in [-0.25, -0.2) is 9.59 Å². The Kier molecular flexibility index (Phi) is 5.74. The molecule has 0 aliphatic carbocycles. The number of hydrogen-bond acceptors (Lipinski definition) is 6. The molecule has 0 amide bonds. The Morgan fingerprint density at radius 2 is 1.64 bits per heavy atom. The summed E-state index contributed by atoms with van der Waals surface area (Å²) in [5.41, 5.74) is 0.467. The fraction of sp³-hybridized carbons (Fsp3) is 0.190. The predicted molar refractivity (Wildman–Crippen MR) is 103 cm³/mol. The summed E-state index contributed by atoms with van der Waals surface area (Å²) in [5.74, 6) is -0.707. The summed E-state index contributed by atoms with van der Waals surface area (Å²) >= 11 is 0. The third kappa shape index (κ3) is 3.88. The summed E-state index contributed by atoms with van der Waals surface area (Å²) in [5, 5.41) is 0.815. The minimum atomic E-state index is -0.716. The zero-order valence-electron chi connectivity index (χ0n) is 15.5. The SMILES string of the molecule is CCOC(=O)COC(=O)c1cn(-c2ccc(OC)cc2)c(=O)c2ccccc12. The molecule has 3 rings (SSSR count). The smallest absolute Gasteiger partial charge is 0.344 e. The van der Waals surface area contributed by atoms with Crippen molar-refractivity contribution >= 4 is 22.7 Å². The minimum absolute atomic E-state index is 0.176. The second-order valence-electron chi connectivity index (χ2n) is 5.84. The molecule has 28 heavy (non-hydrogen) atoms. The van der Waals surface area contributed by atoms with Crippen LogP contribution in [0.4, 0.5) is 0 Å². The molecule has 0 aliphatic heterocycles. The number of esters is 2. The van der Waals surface area contributed by atoms with E-state index in [1.54, 1.807) is 62.6 Å². The van der Waals surface area contributed by atoms with E-state index < -0.39 is 18.5 Å². The van der Waals surface area contributed by atoms with Crippen LogP contribution in [-0.2, 0) is 14.3 Å². The number of carbonyl (C=O) groups is 2. The summed E-state index contributed by atoms with van der Waals surface area (Å²) in [6.45, 7) is 1.36. The maximum atomic E-state index is 12.9. The average Bonchev–Trinajstić information content (AvgIpc) is 2.73. The molecule has 0 saturated carbocycles. The first-order valence-electron chi connectivity index (χ1n) is 8.66. The van der Waals surface area contributed by atoms with Gasteiger partial charge >= 0.3 is 11.9 Å². The molecule has 0 saturated heterocycles. The molecule has 3 aromatic rings. The molecule has 7 heteroatoms. The zero-order valence-corrected chi connectivity index (χ0v) is 15.5. The van der Waals surface area contributed by atoms with Crippen LogP contribution in [-0.4, -0.2) is 36.8 Å². The van der Waals surface area contributed by atoms with Gasteiger partial charge < -0.3 is 14.2 Å². The number of nitrogens with zero attached hydrogens (tertiary/aromatic N) is 1. The molecule has 0 fully saturated rings. The number of carbonyl (C=O) groups excluding carboxylic acids is 2. The van der Waals surface area contributed by atoms with Crippen molar-refractivity contribution in [1.82, 2.24) is 4.57 Å². The minimum Gasteiger partial charge on any atom is -0.497 e. The molecule has 0 atom stereocenters. The summed E-state index contributed by atoms with van der Waals surface area (Å²) in [6, 6.07) is 13.6. The van der Waals surface area contributed by atoms with E-state index in [0.717, 1.165) is 0 Å². The number of fused-ring (bicyclic) bond motifs is 1. The maximum absolute atomic E-state index is 12.9. The average molecular weight is 381 g/mol. The van der Waals surface area contributed by atoms with E-state index in [9.17, 15) is 14.4 Å². The van der Waals surface area contributed by atoms with Gasteiger partial charge in [0, 0.05) is 22.7 Å². The van der Waals surface area contributed by atoms with Gasteiger partial charge in [-0.2, -0.15) is 0 Å². The quantitative estimate of drug-likeness (QED) is 0.611. The number of rotatable bonds is 6. The lowest BCUT2D eigenvalue weighted by Gasteiger charge is -2.12. The molecule has 2 aromatic carbocycles. The van der Waals surface area contributed by atoms with Crippen molar-refractivity contribution in [3.05, 3.63) is 70.6 Å². The molecule has 7 nitrogen and oxygen atoms in total. The number of aromatic nitrogens is 1. The summed E-state index contributed by atoms with van der Waals surface area (Å²) in [6.07, 6.45) is 1.42. The Bertz CT molecular complexity index is 1070. The Morgan fingerprint density at radius 1 is 0.964 bits per heavy atom. The van der Waals surface area contributed by atoms with Crippen LogP contribution in [0.2, 0.25) is 0 Å². The van der Waals surface area contributed by atoms with Crippen LogP contribution < -0.4 is 10.3 Å². The first-order chi connectivity index (χ1) is 13.5. The largest absolute Gasteiger partial charge is 0.497 e. The molecule has 1 heterocycles. The standard InChI is InChI=1S/C21H19NO6/c1-3-27-19(23)13-28-21(25)18-12-22(14-8-10-15(26-2)11-9-14)20(24)17-7-5-4-6-16(17)18/h4-12H,3,13H2,1-2H3. The Labute approximate surface area is 161 Å². The van der Waals surface area contributed by atoms with Crippen molar-refractivity contribution in [1.29, 1.82) is 0 Å². The maximum Gasteiger partial charge on any atom is 0.344 e. The normalized spacial score (nSPS) is 10.5. The second-order valence-corrected chi connectivity index (χ2v) is 5.84. The van der Waals surface area contributed by atoms with E-state index in [0.29, 0.717) is 22.2 Å². The van der Waals surface area contributed by atoms with E-state index in [1.807, 2.05) is 0 Å². The van der Waals surface area contributed by atoms with Gasteiger partial charge in [-0.3, -0.25) is 9.36 Å². The first kappa shape index (κ1) is 19.2. The van der Waals surface area contributed by atoms with Crippen LogP contribution in [0.1, 0.15) is 17.3 Å². The van der Waals surface area contributed by atoms with Gasteiger partial charge in [0.05, 0.1) is 19.3 Å². The molecule has 0 N–H and O–H groups in total. The fourth-order valence-corrected chi connectivity index (χ4v) is 2.79. The van der Waals surface area contributed by atoms with Gasteiger partial charge in [0.25, 0.3) is 5.56 Å². The van der Waals surface area contributed by atoms with Crippen molar-refractivity contribution in [2.24, 2.45) is 0 Å². The van der Waals surface area contributed by atoms with Crippen LogP contribution in [0.5, 0.6) is 5.75 Å². The van der Waals surface area contributed by atoms with Crippen molar-refractivity contribution in [2.45, 2.75) is 6.92 Å². The van der Waals surface area contributed by atoms with E-state index in [4.69, 9.17) is 14.2 Å². The van der Waals surface area contributed by atoms with Gasteiger partial charge in [-0.15, -0.1) is 0 Å². The molecule has 144 valence electrons. The Morgan fingerprint density at radius 3 is 2.29 bits per heavy atom. The third-order valence-electron chi connectivity index (χ3n) is 4.12. The highest BCUT2D eigenvalue weighted by Crippen LogP contribution is 2.20. The fourth-order valence-electron chi connectivity index (χ4n) is 2.79. The van der Waals surface area contributed by atoms with Gasteiger partial charge in [-0.05, 0) is 37.3 Å². The predicted octanol–water partition coefficient (Wildman–Crippen LogP) is 2.72. The van der Waals surface area contributed by atoms with Crippen molar-refractivity contribution in [2.75, 3.05) is 20.3 Å². The monoisotopic (exact) mass is 381 g/mol. The highest BCUT2D eigenvalue weighted by atomic mass is 16.6. The van der Waals surface area contributed by atoms with Crippen molar-refractivity contribution in [3.8, 4) is 11.4 Å². The van der Waals surface area contributed by atoms with Crippen LogP contribution >= 0.6 is 0 Å². The van der Waals surface area contributed by atoms with Gasteiger partial charge in [0.2, 0.25) is 0 Å². The van der Waals surface area contributed by atoms with Crippen LogP contribution in [0, 0.1) is 0 Å². The van der Waals surface area contributed by atoms with Crippen molar-refractivity contribution < 1.29 is 23.8 Å². The van der Waals surface area contributed by atoms with E-state index in [2.05, 4.69) is 0 Å². The highest BCUT2D eigenvalue weighted by Gasteiger charge is 2.18. The highest BCUT2D eigenvalue weighted by molar-refractivity contribution is 6.04. The van der Waals surface area contributed by atoms with E-state index in [-0.39, 0.29) is 17.7 Å². The first-order valence-corrected chi connectivity index (χ1v) is 8.66. The van der Waals surface area contributed by atoms with Crippen molar-refractivity contribution in [3.63, 3.8) is 0 Å². The molecule has 0 spiro atoms. The lowest BCUT2D eigenvalue weighted by atomic mass is 10.1. The summed E-state index contributed by atoms with van der Waals surface area (Å²) in [4.78, 5) is 37.0. The van der Waals surface area contributed by atoms with E-state index in [1.165, 1.54) is 10.8 Å². The Balaban J connectivity index is 2.06. The second kappa shape index (κ2) is 8.39. The number of pyridine rings is 1. The van der Waals surface area contributed by atoms with E-state index >= 15 is 0 Å². The van der Waals surface area contributed by atoms with Gasteiger partial charge in [-0.1, -0.05) is 18.2 Å². The number of ether oxygens (including phenoxy) is 3. The van der Waals surface area contributed by atoms with Gasteiger partial charge in [0.1, 0.15) is 5.75 Å². The summed E-state index contributed by atoms with van der Waals surface area (Å²) in [7, 11) is 1.55. The molecular weight excluding hydrogens is 362 g/mol. The zero-order chi connectivity index (χ0) is 20.1. The number of methoxy groups -OCH3 is 1. The molecule has 0 aliphatic rings. The lowest BCUT2D eigenvalue weighted by molar-refractivity contribution is -0.146. The molecule has 1 aromatic heterocycles. The Hall–Kier alpha value is -3.61. The summed E-state index contributed by atoms with van der Waals surface area (Å²) < 4.78 is 16.3. The third-order valence-corrected chi connectivity index (χ3v) is 4.12. The topological polar surface area (TPSA) is 83.8 Å². The number of benzene rings is 2.